The van der Waals surface area contributed by atoms with Gasteiger partial charge in [-0.1, -0.05) is 6.07 Å². The summed E-state index contributed by atoms with van der Waals surface area (Å²) in [5.41, 5.74) is 0.258. The van der Waals surface area contributed by atoms with Gasteiger partial charge in [-0.05, 0) is 24.3 Å². The van der Waals surface area contributed by atoms with Crippen LogP contribution in [0.3, 0.4) is 0 Å². The largest absolute Gasteiger partial charge is 0.417 e. The fraction of sp³-hybridized carbons (Fsp3) is 0.143. The van der Waals surface area contributed by atoms with Crippen LogP contribution in [0.1, 0.15) is 5.69 Å². The van der Waals surface area contributed by atoms with E-state index in [9.17, 15) is 18.4 Å². The molecular formula is C14H10F3N3. The van der Waals surface area contributed by atoms with Crippen LogP contribution in [0.25, 0.3) is 5.57 Å². The van der Waals surface area contributed by atoms with Crippen LogP contribution >= 0.6 is 0 Å². The Labute approximate surface area is 114 Å². The number of rotatable bonds is 1. The van der Waals surface area contributed by atoms with E-state index in [0.29, 0.717) is 11.4 Å². The molecule has 0 bridgehead atoms. The molecule has 0 amide bonds. The SMILES string of the molecule is CN1C=C(C(F)(F)F)C=CC1=C(C#N)c1ccccn1. The zero-order valence-corrected chi connectivity index (χ0v) is 10.5. The van der Waals surface area contributed by atoms with Gasteiger partial charge < -0.3 is 4.90 Å². The van der Waals surface area contributed by atoms with Gasteiger partial charge in [0, 0.05) is 19.4 Å². The summed E-state index contributed by atoms with van der Waals surface area (Å²) in [6, 6.07) is 7.03. The Hall–Kier alpha value is -2.55. The van der Waals surface area contributed by atoms with Crippen LogP contribution < -0.4 is 0 Å². The lowest BCUT2D eigenvalue weighted by Gasteiger charge is -2.23. The Bertz CT molecular complexity index is 634. The number of halogens is 3. The van der Waals surface area contributed by atoms with Crippen molar-refractivity contribution in [2.24, 2.45) is 0 Å². The molecule has 0 saturated heterocycles. The molecule has 1 aliphatic rings. The van der Waals surface area contributed by atoms with Crippen molar-refractivity contribution in [2.45, 2.75) is 6.18 Å². The van der Waals surface area contributed by atoms with Gasteiger partial charge in [0.25, 0.3) is 0 Å². The number of hydrogen-bond acceptors (Lipinski definition) is 3. The van der Waals surface area contributed by atoms with E-state index in [1.165, 1.54) is 24.2 Å². The third-order valence-electron chi connectivity index (χ3n) is 2.75. The fourth-order valence-electron chi connectivity index (χ4n) is 1.79. The van der Waals surface area contributed by atoms with E-state index < -0.39 is 11.7 Å². The van der Waals surface area contributed by atoms with Crippen LogP contribution in [-0.4, -0.2) is 23.1 Å². The van der Waals surface area contributed by atoms with Crippen molar-refractivity contribution in [1.82, 2.24) is 9.88 Å². The lowest BCUT2D eigenvalue weighted by Crippen LogP contribution is -2.20. The Kier molecular flexibility index (Phi) is 3.61. The molecule has 20 heavy (non-hydrogen) atoms. The Morgan fingerprint density at radius 3 is 2.55 bits per heavy atom. The lowest BCUT2D eigenvalue weighted by molar-refractivity contribution is -0.0892. The number of hydrogen-bond donors (Lipinski definition) is 0. The van der Waals surface area contributed by atoms with Crippen LogP contribution in [0, 0.1) is 11.3 Å². The highest BCUT2D eigenvalue weighted by Gasteiger charge is 2.34. The van der Waals surface area contributed by atoms with Crippen LogP contribution in [-0.2, 0) is 0 Å². The predicted molar refractivity (Wildman–Crippen MR) is 67.8 cm³/mol. The maximum atomic E-state index is 12.6. The predicted octanol–water partition coefficient (Wildman–Crippen LogP) is 3.26. The molecule has 0 N–H and O–H groups in total. The summed E-state index contributed by atoms with van der Waals surface area (Å²) in [4.78, 5) is 5.32. The number of likely N-dealkylation sites (N-methyl/N-ethyl adjacent to an activating group) is 1. The Balaban J connectivity index is 2.45. The summed E-state index contributed by atoms with van der Waals surface area (Å²) >= 11 is 0. The molecule has 2 heterocycles. The first-order chi connectivity index (χ1) is 9.43. The lowest BCUT2D eigenvalue weighted by atomic mass is 10.1. The minimum atomic E-state index is -4.41. The van der Waals surface area contributed by atoms with Crippen molar-refractivity contribution in [3.8, 4) is 6.07 Å². The fourth-order valence-corrected chi connectivity index (χ4v) is 1.79. The summed E-state index contributed by atoms with van der Waals surface area (Å²) in [6.45, 7) is 0. The molecule has 0 fully saturated rings. The Morgan fingerprint density at radius 2 is 2.05 bits per heavy atom. The second-order valence-electron chi connectivity index (χ2n) is 4.11. The second kappa shape index (κ2) is 5.21. The number of nitrogens with zero attached hydrogens (tertiary/aromatic N) is 3. The molecule has 1 aromatic heterocycles. The van der Waals surface area contributed by atoms with E-state index in [2.05, 4.69) is 4.98 Å². The van der Waals surface area contributed by atoms with Crippen LogP contribution in [0.4, 0.5) is 13.2 Å². The molecule has 0 atom stereocenters. The molecule has 1 aliphatic heterocycles. The summed E-state index contributed by atoms with van der Waals surface area (Å²) in [5, 5.41) is 9.22. The number of allylic oxidation sites excluding steroid dienone is 4. The molecule has 2 rings (SSSR count). The van der Waals surface area contributed by atoms with Gasteiger partial charge in [-0.2, -0.15) is 18.4 Å². The highest BCUT2D eigenvalue weighted by atomic mass is 19.4. The monoisotopic (exact) mass is 277 g/mol. The summed E-state index contributed by atoms with van der Waals surface area (Å²) in [7, 11) is 1.46. The van der Waals surface area contributed by atoms with Gasteiger partial charge in [0.2, 0.25) is 0 Å². The molecule has 0 aromatic carbocycles. The molecular weight excluding hydrogens is 267 g/mol. The minimum Gasteiger partial charge on any atom is -0.349 e. The van der Waals surface area contributed by atoms with E-state index in [1.807, 2.05) is 6.07 Å². The minimum absolute atomic E-state index is 0.224. The van der Waals surface area contributed by atoms with Gasteiger partial charge in [-0.15, -0.1) is 0 Å². The van der Waals surface area contributed by atoms with Crippen LogP contribution in [0.15, 0.2) is 54.0 Å². The highest BCUT2D eigenvalue weighted by Crippen LogP contribution is 2.32. The van der Waals surface area contributed by atoms with Gasteiger partial charge in [0.1, 0.15) is 11.6 Å². The van der Waals surface area contributed by atoms with Crippen molar-refractivity contribution in [2.75, 3.05) is 7.05 Å². The molecule has 6 heteroatoms. The van der Waals surface area contributed by atoms with E-state index in [-0.39, 0.29) is 5.57 Å². The van der Waals surface area contributed by atoms with Crippen molar-refractivity contribution >= 4 is 5.57 Å². The molecule has 1 aromatic rings. The van der Waals surface area contributed by atoms with Gasteiger partial charge in [0.05, 0.1) is 17.0 Å². The maximum Gasteiger partial charge on any atom is 0.417 e. The normalized spacial score (nSPS) is 17.6. The van der Waals surface area contributed by atoms with E-state index >= 15 is 0 Å². The molecule has 102 valence electrons. The smallest absolute Gasteiger partial charge is 0.349 e. The van der Waals surface area contributed by atoms with Crippen molar-refractivity contribution < 1.29 is 13.2 Å². The molecule has 3 nitrogen and oxygen atoms in total. The second-order valence-corrected chi connectivity index (χ2v) is 4.11. The van der Waals surface area contributed by atoms with Gasteiger partial charge in [0.15, 0.2) is 0 Å². The Morgan fingerprint density at radius 1 is 1.30 bits per heavy atom. The van der Waals surface area contributed by atoms with Crippen LogP contribution in [0.5, 0.6) is 0 Å². The number of aromatic nitrogens is 1. The maximum absolute atomic E-state index is 12.6. The zero-order chi connectivity index (χ0) is 14.8. The van der Waals surface area contributed by atoms with E-state index in [4.69, 9.17) is 0 Å². The first-order valence-corrected chi connectivity index (χ1v) is 5.69. The summed E-state index contributed by atoms with van der Waals surface area (Å²) < 4.78 is 37.8. The topological polar surface area (TPSA) is 39.9 Å². The average Bonchev–Trinajstić information content (AvgIpc) is 2.41. The number of pyridine rings is 1. The van der Waals surface area contributed by atoms with Crippen LogP contribution in [0.2, 0.25) is 0 Å². The first kappa shape index (κ1) is 13.9. The third-order valence-corrected chi connectivity index (χ3v) is 2.75. The van der Waals surface area contributed by atoms with Crippen molar-refractivity contribution in [3.05, 3.63) is 59.7 Å². The molecule has 0 spiro atoms. The van der Waals surface area contributed by atoms with Gasteiger partial charge >= 0.3 is 6.18 Å². The molecule has 0 saturated carbocycles. The number of nitriles is 1. The first-order valence-electron chi connectivity index (χ1n) is 5.69. The quantitative estimate of drug-likeness (QED) is 0.740. The third kappa shape index (κ3) is 2.72. The zero-order valence-electron chi connectivity index (χ0n) is 10.5. The molecule has 0 aliphatic carbocycles. The van der Waals surface area contributed by atoms with Crippen molar-refractivity contribution in [3.63, 3.8) is 0 Å². The summed E-state index contributed by atoms with van der Waals surface area (Å²) in [5.74, 6) is 0. The van der Waals surface area contributed by atoms with Gasteiger partial charge in [-0.25, -0.2) is 0 Å². The molecule has 0 unspecified atom stereocenters. The number of alkyl halides is 3. The van der Waals surface area contributed by atoms with E-state index in [1.54, 1.807) is 18.2 Å². The van der Waals surface area contributed by atoms with Gasteiger partial charge in [-0.3, -0.25) is 4.98 Å². The summed E-state index contributed by atoms with van der Waals surface area (Å²) in [6.07, 6.45) is 0.298. The van der Waals surface area contributed by atoms with Crippen molar-refractivity contribution in [1.29, 1.82) is 5.26 Å². The molecule has 0 radical (unpaired) electrons. The standard InChI is InChI=1S/C14H10F3N3/c1-20-9-10(14(15,16)17)5-6-13(20)11(8-18)12-4-2-3-7-19-12/h2-7,9H,1H3. The average molecular weight is 277 g/mol. The highest BCUT2D eigenvalue weighted by molar-refractivity contribution is 5.79. The van der Waals surface area contributed by atoms with E-state index in [0.717, 1.165) is 12.3 Å².